The Morgan fingerprint density at radius 1 is 1.36 bits per heavy atom. The van der Waals surface area contributed by atoms with Gasteiger partial charge in [-0.1, -0.05) is 12.1 Å². The van der Waals surface area contributed by atoms with Crippen molar-refractivity contribution in [2.24, 2.45) is 11.7 Å². The summed E-state index contributed by atoms with van der Waals surface area (Å²) in [5.41, 5.74) is 8.91. The molecule has 2 heteroatoms. The second-order valence-electron chi connectivity index (χ2n) is 4.34. The standard InChI is InChI=1S/C12H17NO/c1-7-3-9(4-8(2)12(7)14)11-5-10(11)6-13/h3-4,10-11,14H,5-6,13H2,1-2H3/t10-,11-/m0/s1. The third-order valence-electron chi connectivity index (χ3n) is 3.17. The first-order valence-corrected chi connectivity index (χ1v) is 5.13. The SMILES string of the molecule is Cc1cc([C@@H]2C[C@H]2CN)cc(C)c1O. The number of phenolic OH excluding ortho intramolecular Hbond substituents is 1. The summed E-state index contributed by atoms with van der Waals surface area (Å²) >= 11 is 0. The van der Waals surface area contributed by atoms with Crippen LogP contribution in [0.5, 0.6) is 5.75 Å². The molecule has 76 valence electrons. The fourth-order valence-electron chi connectivity index (χ4n) is 2.12. The maximum Gasteiger partial charge on any atom is 0.121 e. The van der Waals surface area contributed by atoms with Crippen LogP contribution in [-0.2, 0) is 0 Å². The lowest BCUT2D eigenvalue weighted by molar-refractivity contribution is 0.466. The van der Waals surface area contributed by atoms with E-state index < -0.39 is 0 Å². The fourth-order valence-corrected chi connectivity index (χ4v) is 2.12. The summed E-state index contributed by atoms with van der Waals surface area (Å²) in [5.74, 6) is 1.73. The van der Waals surface area contributed by atoms with Crippen molar-refractivity contribution in [2.75, 3.05) is 6.54 Å². The summed E-state index contributed by atoms with van der Waals surface area (Å²) in [5, 5.41) is 9.63. The van der Waals surface area contributed by atoms with Crippen molar-refractivity contribution < 1.29 is 5.11 Å². The molecule has 0 aliphatic heterocycles. The van der Waals surface area contributed by atoms with Crippen LogP contribution in [0.15, 0.2) is 12.1 Å². The largest absolute Gasteiger partial charge is 0.507 e. The molecule has 2 rings (SSSR count). The lowest BCUT2D eigenvalue weighted by Crippen LogP contribution is -2.02. The Bertz CT molecular complexity index is 336. The second kappa shape index (κ2) is 3.28. The van der Waals surface area contributed by atoms with Crippen molar-refractivity contribution in [3.8, 4) is 5.75 Å². The molecule has 1 aliphatic rings. The molecule has 0 bridgehead atoms. The van der Waals surface area contributed by atoms with Crippen molar-refractivity contribution >= 4 is 0 Å². The molecule has 0 spiro atoms. The number of aromatic hydroxyl groups is 1. The minimum atomic E-state index is 0.429. The van der Waals surface area contributed by atoms with Crippen LogP contribution in [0.2, 0.25) is 0 Å². The van der Waals surface area contributed by atoms with E-state index in [1.54, 1.807) is 0 Å². The molecule has 0 radical (unpaired) electrons. The normalized spacial score (nSPS) is 25.1. The van der Waals surface area contributed by atoms with Crippen molar-refractivity contribution in [1.29, 1.82) is 0 Å². The number of nitrogens with two attached hydrogens (primary N) is 1. The minimum Gasteiger partial charge on any atom is -0.507 e. The molecule has 2 nitrogen and oxygen atoms in total. The molecule has 1 fully saturated rings. The highest BCUT2D eigenvalue weighted by Gasteiger charge is 2.37. The van der Waals surface area contributed by atoms with E-state index in [4.69, 9.17) is 5.73 Å². The monoisotopic (exact) mass is 191 g/mol. The van der Waals surface area contributed by atoms with Crippen LogP contribution in [0, 0.1) is 19.8 Å². The summed E-state index contributed by atoms with van der Waals surface area (Å²) in [6.45, 7) is 4.68. The maximum absolute atomic E-state index is 9.63. The molecule has 0 saturated heterocycles. The van der Waals surface area contributed by atoms with Gasteiger partial charge in [0, 0.05) is 0 Å². The Kier molecular flexibility index (Phi) is 2.23. The zero-order chi connectivity index (χ0) is 10.3. The van der Waals surface area contributed by atoms with E-state index in [0.29, 0.717) is 17.6 Å². The number of hydrogen-bond acceptors (Lipinski definition) is 2. The van der Waals surface area contributed by atoms with Gasteiger partial charge in [0.25, 0.3) is 0 Å². The Balaban J connectivity index is 2.28. The molecule has 2 atom stereocenters. The number of rotatable bonds is 2. The molecule has 0 heterocycles. The van der Waals surface area contributed by atoms with Gasteiger partial charge in [-0.25, -0.2) is 0 Å². The van der Waals surface area contributed by atoms with Gasteiger partial charge in [0.1, 0.15) is 5.75 Å². The number of benzene rings is 1. The van der Waals surface area contributed by atoms with Crippen molar-refractivity contribution in [1.82, 2.24) is 0 Å². The van der Waals surface area contributed by atoms with Crippen LogP contribution >= 0.6 is 0 Å². The van der Waals surface area contributed by atoms with Gasteiger partial charge in [-0.2, -0.15) is 0 Å². The smallest absolute Gasteiger partial charge is 0.121 e. The van der Waals surface area contributed by atoms with Crippen LogP contribution in [0.4, 0.5) is 0 Å². The van der Waals surface area contributed by atoms with E-state index >= 15 is 0 Å². The summed E-state index contributed by atoms with van der Waals surface area (Å²) in [6, 6.07) is 4.17. The van der Waals surface area contributed by atoms with E-state index in [-0.39, 0.29) is 0 Å². The Morgan fingerprint density at radius 3 is 2.36 bits per heavy atom. The topological polar surface area (TPSA) is 46.2 Å². The van der Waals surface area contributed by atoms with E-state index in [0.717, 1.165) is 17.7 Å². The van der Waals surface area contributed by atoms with Gasteiger partial charge >= 0.3 is 0 Å². The molecule has 1 saturated carbocycles. The summed E-state index contributed by atoms with van der Waals surface area (Å²) in [7, 11) is 0. The first-order valence-electron chi connectivity index (χ1n) is 5.13. The molecule has 3 N–H and O–H groups in total. The van der Waals surface area contributed by atoms with Gasteiger partial charge in [0.2, 0.25) is 0 Å². The van der Waals surface area contributed by atoms with E-state index in [9.17, 15) is 5.11 Å². The van der Waals surface area contributed by atoms with E-state index in [1.165, 1.54) is 12.0 Å². The molecule has 14 heavy (non-hydrogen) atoms. The van der Waals surface area contributed by atoms with Gasteiger partial charge in [0.15, 0.2) is 0 Å². The van der Waals surface area contributed by atoms with Gasteiger partial charge in [-0.05, 0) is 55.3 Å². The van der Waals surface area contributed by atoms with Gasteiger partial charge in [0.05, 0.1) is 0 Å². The highest BCUT2D eigenvalue weighted by molar-refractivity contribution is 5.44. The predicted molar refractivity (Wildman–Crippen MR) is 57.5 cm³/mol. The molecule has 1 aromatic rings. The van der Waals surface area contributed by atoms with Crippen LogP contribution in [-0.4, -0.2) is 11.7 Å². The van der Waals surface area contributed by atoms with Gasteiger partial charge in [-0.15, -0.1) is 0 Å². The van der Waals surface area contributed by atoms with Crippen LogP contribution in [0.3, 0.4) is 0 Å². The second-order valence-corrected chi connectivity index (χ2v) is 4.34. The van der Waals surface area contributed by atoms with Gasteiger partial charge < -0.3 is 10.8 Å². The number of phenols is 1. The Hall–Kier alpha value is -1.02. The Morgan fingerprint density at radius 2 is 1.93 bits per heavy atom. The molecule has 0 amide bonds. The quantitative estimate of drug-likeness (QED) is 0.751. The first-order chi connectivity index (χ1) is 6.63. The number of hydrogen-bond donors (Lipinski definition) is 2. The zero-order valence-electron chi connectivity index (χ0n) is 8.75. The van der Waals surface area contributed by atoms with Crippen LogP contribution < -0.4 is 5.73 Å². The molecular weight excluding hydrogens is 174 g/mol. The van der Waals surface area contributed by atoms with Crippen molar-refractivity contribution in [3.05, 3.63) is 28.8 Å². The lowest BCUT2D eigenvalue weighted by atomic mass is 10.0. The molecule has 1 aliphatic carbocycles. The average Bonchev–Trinajstić information content (AvgIpc) is 2.92. The van der Waals surface area contributed by atoms with Crippen molar-refractivity contribution in [3.63, 3.8) is 0 Å². The highest BCUT2D eigenvalue weighted by atomic mass is 16.3. The average molecular weight is 191 g/mol. The molecular formula is C12H17NO. The fraction of sp³-hybridized carbons (Fsp3) is 0.500. The minimum absolute atomic E-state index is 0.429. The zero-order valence-corrected chi connectivity index (χ0v) is 8.75. The Labute approximate surface area is 84.7 Å². The third kappa shape index (κ3) is 1.50. The highest BCUT2D eigenvalue weighted by Crippen LogP contribution is 2.47. The third-order valence-corrected chi connectivity index (χ3v) is 3.17. The predicted octanol–water partition coefficient (Wildman–Crippen LogP) is 2.07. The maximum atomic E-state index is 9.63. The summed E-state index contributed by atoms with van der Waals surface area (Å²) in [6.07, 6.45) is 1.21. The molecule has 1 aromatic carbocycles. The molecule has 0 aromatic heterocycles. The van der Waals surface area contributed by atoms with Crippen LogP contribution in [0.25, 0.3) is 0 Å². The first kappa shape index (κ1) is 9.53. The number of aryl methyl sites for hydroxylation is 2. The van der Waals surface area contributed by atoms with E-state index in [1.807, 2.05) is 13.8 Å². The van der Waals surface area contributed by atoms with E-state index in [2.05, 4.69) is 12.1 Å². The lowest BCUT2D eigenvalue weighted by Gasteiger charge is -2.07. The van der Waals surface area contributed by atoms with Gasteiger partial charge in [-0.3, -0.25) is 0 Å². The summed E-state index contributed by atoms with van der Waals surface area (Å²) < 4.78 is 0. The van der Waals surface area contributed by atoms with Crippen LogP contribution in [0.1, 0.15) is 29.0 Å². The van der Waals surface area contributed by atoms with Crippen molar-refractivity contribution in [2.45, 2.75) is 26.2 Å². The molecule has 0 unspecified atom stereocenters. The summed E-state index contributed by atoms with van der Waals surface area (Å²) in [4.78, 5) is 0.